The van der Waals surface area contributed by atoms with Crippen LogP contribution in [0, 0.1) is 0 Å². The summed E-state index contributed by atoms with van der Waals surface area (Å²) in [7, 11) is 0. The molecule has 0 atom stereocenters. The predicted octanol–water partition coefficient (Wildman–Crippen LogP) is 16.2. The number of aromatic nitrogens is 2. The summed E-state index contributed by atoms with van der Waals surface area (Å²) < 4.78 is 4.91. The second-order valence-corrected chi connectivity index (χ2v) is 16.0. The molecule has 0 fully saturated rings. The zero-order chi connectivity index (χ0) is 41.0. The van der Waals surface area contributed by atoms with E-state index in [9.17, 15) is 0 Å². The summed E-state index contributed by atoms with van der Waals surface area (Å²) in [6, 6.07) is 88.4. The lowest BCUT2D eigenvalue weighted by molar-refractivity contribution is 1.18. The number of benzene rings is 10. The van der Waals surface area contributed by atoms with Crippen molar-refractivity contribution in [3.8, 4) is 67.0 Å². The van der Waals surface area contributed by atoms with Crippen LogP contribution >= 0.6 is 0 Å². The van der Waals surface area contributed by atoms with Gasteiger partial charge in [0, 0.05) is 49.6 Å². The maximum atomic E-state index is 2.51. The number of hydrogen-bond acceptors (Lipinski definition) is 0. The van der Waals surface area contributed by atoms with Gasteiger partial charge < -0.3 is 9.13 Å². The molecule has 10 aromatic carbocycles. The Kier molecular flexibility index (Phi) is 8.53. The number of fused-ring (bicyclic) bond motifs is 6. The van der Waals surface area contributed by atoms with Crippen LogP contribution in [0.2, 0.25) is 0 Å². The van der Waals surface area contributed by atoms with Crippen molar-refractivity contribution in [2.75, 3.05) is 0 Å². The molecule has 2 heteroatoms. The average molecular weight is 789 g/mol. The molecule has 0 saturated heterocycles. The van der Waals surface area contributed by atoms with E-state index in [0.717, 1.165) is 11.4 Å². The van der Waals surface area contributed by atoms with Gasteiger partial charge in [-0.1, -0.05) is 200 Å². The summed E-state index contributed by atoms with van der Waals surface area (Å²) in [5, 5.41) is 4.97. The molecule has 0 amide bonds. The fourth-order valence-corrected chi connectivity index (χ4v) is 9.87. The van der Waals surface area contributed by atoms with E-state index in [-0.39, 0.29) is 0 Å². The highest BCUT2D eigenvalue weighted by atomic mass is 15.0. The molecule has 0 saturated carbocycles. The third-order valence-electron chi connectivity index (χ3n) is 12.5. The molecular weight excluding hydrogens is 749 g/mol. The van der Waals surface area contributed by atoms with Crippen molar-refractivity contribution in [1.82, 2.24) is 9.13 Å². The molecule has 0 aliphatic rings. The van der Waals surface area contributed by atoms with Gasteiger partial charge in [0.1, 0.15) is 0 Å². The Morgan fingerprint density at radius 1 is 0.226 bits per heavy atom. The molecule has 0 radical (unpaired) electrons. The standard InChI is InChI=1S/C60H40N2/c1-6-20-42(21-7-1)55-56(43-22-8-2-9-23-43)58(45-26-12-4-13-27-45)60-59(57(55)44-24-10-3-11-25-44)51-31-17-19-33-53(51)62(60)48-37-34-41(35-38-48)46-36-39-50-49-30-16-18-32-52(49)61(54(50)40-46)47-28-14-5-15-29-47/h1-40H. The quantitative estimate of drug-likeness (QED) is 0.152. The molecule has 0 N–H and O–H groups in total. The Morgan fingerprint density at radius 2 is 0.629 bits per heavy atom. The van der Waals surface area contributed by atoms with E-state index in [4.69, 9.17) is 0 Å². The Balaban J connectivity index is 1.16. The van der Waals surface area contributed by atoms with E-state index in [1.807, 2.05) is 0 Å². The third-order valence-corrected chi connectivity index (χ3v) is 12.5. The third kappa shape index (κ3) is 5.73. The minimum atomic E-state index is 1.11. The number of rotatable bonds is 7. The molecule has 12 aromatic rings. The first kappa shape index (κ1) is 35.7. The molecule has 2 aromatic heterocycles. The number of hydrogen-bond donors (Lipinski definition) is 0. The van der Waals surface area contributed by atoms with Gasteiger partial charge in [-0.3, -0.25) is 0 Å². The van der Waals surface area contributed by atoms with E-state index in [1.54, 1.807) is 0 Å². The van der Waals surface area contributed by atoms with Gasteiger partial charge in [-0.05, 0) is 81.4 Å². The van der Waals surface area contributed by atoms with E-state index in [1.165, 1.54) is 99.2 Å². The van der Waals surface area contributed by atoms with E-state index < -0.39 is 0 Å². The number of para-hydroxylation sites is 3. The summed E-state index contributed by atoms with van der Waals surface area (Å²) in [5.41, 5.74) is 19.0. The van der Waals surface area contributed by atoms with Crippen molar-refractivity contribution in [3.05, 3.63) is 243 Å². The summed E-state index contributed by atoms with van der Waals surface area (Å²) in [4.78, 5) is 0. The van der Waals surface area contributed by atoms with Crippen LogP contribution in [0.5, 0.6) is 0 Å². The first-order valence-corrected chi connectivity index (χ1v) is 21.4. The number of nitrogens with zero attached hydrogens (tertiary/aromatic N) is 2. The fraction of sp³-hybridized carbons (Fsp3) is 0. The van der Waals surface area contributed by atoms with Crippen LogP contribution in [0.4, 0.5) is 0 Å². The van der Waals surface area contributed by atoms with Crippen LogP contribution < -0.4 is 0 Å². The minimum absolute atomic E-state index is 1.11. The second-order valence-electron chi connectivity index (χ2n) is 16.0. The maximum absolute atomic E-state index is 2.51. The Labute approximate surface area is 360 Å². The van der Waals surface area contributed by atoms with Crippen LogP contribution in [-0.2, 0) is 0 Å². The van der Waals surface area contributed by atoms with E-state index in [0.29, 0.717) is 0 Å². The van der Waals surface area contributed by atoms with Crippen LogP contribution in [0.25, 0.3) is 111 Å². The summed E-state index contributed by atoms with van der Waals surface area (Å²) in [6.45, 7) is 0. The fourth-order valence-electron chi connectivity index (χ4n) is 9.87. The lowest BCUT2D eigenvalue weighted by Crippen LogP contribution is -2.00. The summed E-state index contributed by atoms with van der Waals surface area (Å²) in [5.74, 6) is 0. The molecule has 62 heavy (non-hydrogen) atoms. The van der Waals surface area contributed by atoms with Crippen LogP contribution in [0.15, 0.2) is 243 Å². The van der Waals surface area contributed by atoms with Crippen LogP contribution in [0.3, 0.4) is 0 Å². The Bertz CT molecular complexity index is 3570. The van der Waals surface area contributed by atoms with Crippen LogP contribution in [-0.4, -0.2) is 9.13 Å². The monoisotopic (exact) mass is 788 g/mol. The molecule has 0 spiro atoms. The molecule has 290 valence electrons. The first-order chi connectivity index (χ1) is 30.8. The highest BCUT2D eigenvalue weighted by molar-refractivity contribution is 6.26. The molecule has 2 nitrogen and oxygen atoms in total. The van der Waals surface area contributed by atoms with Gasteiger partial charge in [-0.2, -0.15) is 0 Å². The van der Waals surface area contributed by atoms with Crippen LogP contribution in [0.1, 0.15) is 0 Å². The summed E-state index contributed by atoms with van der Waals surface area (Å²) in [6.07, 6.45) is 0. The first-order valence-electron chi connectivity index (χ1n) is 21.4. The molecule has 12 rings (SSSR count). The van der Waals surface area contributed by atoms with Gasteiger partial charge in [0.15, 0.2) is 0 Å². The maximum Gasteiger partial charge on any atom is 0.0632 e. The normalized spacial score (nSPS) is 11.5. The molecule has 0 aliphatic carbocycles. The van der Waals surface area contributed by atoms with Crippen molar-refractivity contribution in [3.63, 3.8) is 0 Å². The van der Waals surface area contributed by atoms with Gasteiger partial charge >= 0.3 is 0 Å². The molecule has 0 bridgehead atoms. The average Bonchev–Trinajstić information content (AvgIpc) is 3.87. The van der Waals surface area contributed by atoms with Crippen molar-refractivity contribution in [2.45, 2.75) is 0 Å². The van der Waals surface area contributed by atoms with Gasteiger partial charge in [-0.25, -0.2) is 0 Å². The minimum Gasteiger partial charge on any atom is -0.309 e. The lowest BCUT2D eigenvalue weighted by atomic mass is 9.80. The zero-order valence-corrected chi connectivity index (χ0v) is 34.0. The van der Waals surface area contributed by atoms with Crippen molar-refractivity contribution in [1.29, 1.82) is 0 Å². The zero-order valence-electron chi connectivity index (χ0n) is 34.0. The predicted molar refractivity (Wildman–Crippen MR) is 262 cm³/mol. The van der Waals surface area contributed by atoms with Gasteiger partial charge in [-0.15, -0.1) is 0 Å². The van der Waals surface area contributed by atoms with E-state index >= 15 is 0 Å². The summed E-state index contributed by atoms with van der Waals surface area (Å²) >= 11 is 0. The van der Waals surface area contributed by atoms with Gasteiger partial charge in [0.2, 0.25) is 0 Å². The van der Waals surface area contributed by atoms with Crippen molar-refractivity contribution < 1.29 is 0 Å². The highest BCUT2D eigenvalue weighted by Gasteiger charge is 2.29. The SMILES string of the molecule is c1ccc(-c2c(-c3ccccc3)c(-c3ccccc3)c3c(c2-c2ccccc2)c2ccccc2n3-c2ccc(-c3ccc4c5ccccc5n(-c5ccccc5)c4c3)cc2)cc1. The molecular formula is C60H40N2. The largest absolute Gasteiger partial charge is 0.309 e. The second kappa shape index (κ2) is 14.8. The lowest BCUT2D eigenvalue weighted by Gasteiger charge is -2.24. The van der Waals surface area contributed by atoms with Gasteiger partial charge in [0.05, 0.1) is 22.1 Å². The molecule has 0 aliphatic heterocycles. The smallest absolute Gasteiger partial charge is 0.0632 e. The molecule has 0 unspecified atom stereocenters. The highest BCUT2D eigenvalue weighted by Crippen LogP contribution is 2.54. The molecule has 2 heterocycles. The van der Waals surface area contributed by atoms with Gasteiger partial charge in [0.25, 0.3) is 0 Å². The van der Waals surface area contributed by atoms with Crippen molar-refractivity contribution in [2.24, 2.45) is 0 Å². The Hall–Kier alpha value is -8.20. The van der Waals surface area contributed by atoms with E-state index in [2.05, 4.69) is 252 Å². The Morgan fingerprint density at radius 3 is 1.21 bits per heavy atom. The van der Waals surface area contributed by atoms with Crippen molar-refractivity contribution >= 4 is 43.6 Å². The topological polar surface area (TPSA) is 9.86 Å².